The van der Waals surface area contributed by atoms with Gasteiger partial charge in [-0.3, -0.25) is 4.79 Å². The molecule has 0 aromatic rings. The lowest BCUT2D eigenvalue weighted by Crippen LogP contribution is -2.28. The maximum Gasteiger partial charge on any atom is 0.407 e. The van der Waals surface area contributed by atoms with Gasteiger partial charge in [-0.05, 0) is 6.92 Å². The Kier molecular flexibility index (Phi) is 7.38. The molecule has 76 valence electrons. The van der Waals surface area contributed by atoms with E-state index in [4.69, 9.17) is 0 Å². The van der Waals surface area contributed by atoms with Crippen molar-refractivity contribution in [1.82, 2.24) is 5.32 Å². The van der Waals surface area contributed by atoms with Crippen LogP contribution in [0.4, 0.5) is 4.79 Å². The molecule has 1 N–H and O–H groups in total. The average molecular weight is 254 g/mol. The highest BCUT2D eigenvalue weighted by molar-refractivity contribution is 9.09. The van der Waals surface area contributed by atoms with E-state index in [1.165, 1.54) is 0 Å². The second-order valence-electron chi connectivity index (χ2n) is 2.00. The van der Waals surface area contributed by atoms with Gasteiger partial charge in [0.1, 0.15) is 11.9 Å². The summed E-state index contributed by atoms with van der Waals surface area (Å²) in [6, 6.07) is 0. The van der Waals surface area contributed by atoms with Crippen LogP contribution in [0.15, 0.2) is 0 Å². The quantitative estimate of drug-likeness (QED) is 0.445. The van der Waals surface area contributed by atoms with E-state index in [-0.39, 0.29) is 24.5 Å². The van der Waals surface area contributed by atoms with Crippen LogP contribution in [0.2, 0.25) is 0 Å². The predicted molar refractivity (Wildman–Crippen MR) is 49.8 cm³/mol. The molecule has 0 spiro atoms. The molecule has 0 heterocycles. The molecule has 0 saturated heterocycles. The fraction of sp³-hybridized carbons (Fsp3) is 0.714. The van der Waals surface area contributed by atoms with Crippen LogP contribution >= 0.6 is 15.9 Å². The number of amides is 1. The number of hydrogen-bond donors (Lipinski definition) is 1. The van der Waals surface area contributed by atoms with Gasteiger partial charge < -0.3 is 14.8 Å². The van der Waals surface area contributed by atoms with Crippen molar-refractivity contribution in [2.75, 3.05) is 25.1 Å². The van der Waals surface area contributed by atoms with E-state index in [1.54, 1.807) is 6.92 Å². The Balaban J connectivity index is 3.25. The molecular formula is C7H12BrNO4. The Morgan fingerprint density at radius 3 is 2.62 bits per heavy atom. The highest BCUT2D eigenvalue weighted by Gasteiger charge is 2.01. The molecule has 0 aliphatic rings. The van der Waals surface area contributed by atoms with Gasteiger partial charge in [0.2, 0.25) is 0 Å². The van der Waals surface area contributed by atoms with E-state index >= 15 is 0 Å². The van der Waals surface area contributed by atoms with Crippen molar-refractivity contribution in [1.29, 1.82) is 0 Å². The van der Waals surface area contributed by atoms with Crippen molar-refractivity contribution in [2.24, 2.45) is 0 Å². The van der Waals surface area contributed by atoms with Gasteiger partial charge in [-0.2, -0.15) is 0 Å². The first-order valence-electron chi connectivity index (χ1n) is 3.83. The molecule has 0 rings (SSSR count). The van der Waals surface area contributed by atoms with E-state index in [0.29, 0.717) is 6.61 Å². The van der Waals surface area contributed by atoms with Crippen LogP contribution in [0.25, 0.3) is 0 Å². The maximum atomic E-state index is 10.7. The molecule has 1 amide bonds. The number of ether oxygens (including phenoxy) is 2. The van der Waals surface area contributed by atoms with Gasteiger partial charge in [-0.15, -0.1) is 0 Å². The van der Waals surface area contributed by atoms with Crippen molar-refractivity contribution in [3.63, 3.8) is 0 Å². The highest BCUT2D eigenvalue weighted by Crippen LogP contribution is 1.84. The zero-order valence-corrected chi connectivity index (χ0v) is 8.93. The number of hydrogen-bond acceptors (Lipinski definition) is 4. The van der Waals surface area contributed by atoms with Gasteiger partial charge in [0.15, 0.2) is 0 Å². The number of carbonyl (C=O) groups is 2. The minimum absolute atomic E-state index is 0.156. The number of halogens is 1. The Morgan fingerprint density at radius 1 is 1.38 bits per heavy atom. The first-order chi connectivity index (χ1) is 6.20. The summed E-state index contributed by atoms with van der Waals surface area (Å²) in [7, 11) is 0. The third-order valence-electron chi connectivity index (χ3n) is 1.02. The van der Waals surface area contributed by atoms with Crippen LogP contribution < -0.4 is 5.32 Å². The Morgan fingerprint density at radius 2 is 2.08 bits per heavy atom. The van der Waals surface area contributed by atoms with E-state index in [9.17, 15) is 9.59 Å². The van der Waals surface area contributed by atoms with Crippen molar-refractivity contribution in [2.45, 2.75) is 6.92 Å². The molecule has 0 radical (unpaired) electrons. The monoisotopic (exact) mass is 253 g/mol. The number of alkyl carbamates (subject to hydrolysis) is 1. The van der Waals surface area contributed by atoms with Gasteiger partial charge in [0.05, 0.1) is 13.2 Å². The summed E-state index contributed by atoms with van der Waals surface area (Å²) < 4.78 is 9.24. The van der Waals surface area contributed by atoms with Crippen LogP contribution in [0, 0.1) is 0 Å². The summed E-state index contributed by atoms with van der Waals surface area (Å²) >= 11 is 2.93. The number of carbonyl (C=O) groups excluding carboxylic acids is 2. The number of esters is 1. The normalized spacial score (nSPS) is 9.08. The molecule has 0 aliphatic carbocycles. The summed E-state index contributed by atoms with van der Waals surface area (Å²) in [6.45, 7) is 2.46. The molecule has 0 aliphatic heterocycles. The average Bonchev–Trinajstić information content (AvgIpc) is 2.12. The summed E-state index contributed by atoms with van der Waals surface area (Å²) in [6.07, 6.45) is -0.502. The molecule has 6 heteroatoms. The molecular weight excluding hydrogens is 242 g/mol. The number of alkyl halides is 1. The van der Waals surface area contributed by atoms with Crippen molar-refractivity contribution in [3.05, 3.63) is 0 Å². The van der Waals surface area contributed by atoms with Crippen LogP contribution in [-0.4, -0.2) is 37.2 Å². The molecule has 5 nitrogen and oxygen atoms in total. The topological polar surface area (TPSA) is 64.6 Å². The highest BCUT2D eigenvalue weighted by atomic mass is 79.9. The van der Waals surface area contributed by atoms with Crippen molar-refractivity contribution < 1.29 is 19.1 Å². The fourth-order valence-electron chi connectivity index (χ4n) is 0.539. The van der Waals surface area contributed by atoms with E-state index in [0.717, 1.165) is 0 Å². The predicted octanol–water partition coefficient (Wildman–Crippen LogP) is 0.671. The van der Waals surface area contributed by atoms with Crippen molar-refractivity contribution >= 4 is 28.0 Å². The largest absolute Gasteiger partial charge is 0.463 e. The van der Waals surface area contributed by atoms with Gasteiger partial charge >= 0.3 is 12.1 Å². The van der Waals surface area contributed by atoms with E-state index in [1.807, 2.05) is 0 Å². The second kappa shape index (κ2) is 7.85. The third-order valence-corrected chi connectivity index (χ3v) is 1.48. The second-order valence-corrected chi connectivity index (χ2v) is 2.56. The SMILES string of the molecule is CCOC(=O)NCCOC(=O)CBr. The number of rotatable bonds is 5. The first-order valence-corrected chi connectivity index (χ1v) is 4.95. The molecule has 0 aromatic heterocycles. The lowest BCUT2D eigenvalue weighted by Gasteiger charge is -2.05. The Hall–Kier alpha value is -0.780. The summed E-state index contributed by atoms with van der Waals surface area (Å²) in [4.78, 5) is 21.2. The molecule has 13 heavy (non-hydrogen) atoms. The molecule has 0 fully saturated rings. The fourth-order valence-corrected chi connectivity index (χ4v) is 0.701. The molecule has 0 saturated carbocycles. The van der Waals surface area contributed by atoms with Crippen LogP contribution in [0.1, 0.15) is 6.92 Å². The molecule has 0 atom stereocenters. The van der Waals surface area contributed by atoms with Gasteiger partial charge in [0, 0.05) is 0 Å². The van der Waals surface area contributed by atoms with Gasteiger partial charge in [-0.25, -0.2) is 4.79 Å². The smallest absolute Gasteiger partial charge is 0.407 e. The zero-order valence-electron chi connectivity index (χ0n) is 7.34. The summed E-state index contributed by atoms with van der Waals surface area (Å²) in [5.74, 6) is -0.356. The Bertz CT molecular complexity index is 174. The summed E-state index contributed by atoms with van der Waals surface area (Å²) in [5.41, 5.74) is 0. The minimum Gasteiger partial charge on any atom is -0.463 e. The van der Waals surface area contributed by atoms with E-state index in [2.05, 4.69) is 30.7 Å². The van der Waals surface area contributed by atoms with Gasteiger partial charge in [-0.1, -0.05) is 15.9 Å². The van der Waals surface area contributed by atoms with Gasteiger partial charge in [0.25, 0.3) is 0 Å². The summed E-state index contributed by atoms with van der Waals surface area (Å²) in [5, 5.41) is 2.57. The van der Waals surface area contributed by atoms with Crippen LogP contribution in [0.5, 0.6) is 0 Å². The van der Waals surface area contributed by atoms with E-state index < -0.39 is 6.09 Å². The Labute approximate surface area is 84.9 Å². The zero-order chi connectivity index (χ0) is 10.1. The number of nitrogens with one attached hydrogen (secondary N) is 1. The molecule has 0 unspecified atom stereocenters. The lowest BCUT2D eigenvalue weighted by atomic mass is 10.7. The lowest BCUT2D eigenvalue weighted by molar-refractivity contribution is -0.140. The maximum absolute atomic E-state index is 10.7. The van der Waals surface area contributed by atoms with Crippen LogP contribution in [-0.2, 0) is 14.3 Å². The third kappa shape index (κ3) is 7.58. The molecule has 0 aromatic carbocycles. The minimum atomic E-state index is -0.502. The van der Waals surface area contributed by atoms with Crippen LogP contribution in [0.3, 0.4) is 0 Å². The standard InChI is InChI=1S/C7H12BrNO4/c1-2-12-7(11)9-3-4-13-6(10)5-8/h2-5H2,1H3,(H,9,11). The molecule has 0 bridgehead atoms. The first kappa shape index (κ1) is 12.2. The van der Waals surface area contributed by atoms with Crippen molar-refractivity contribution in [3.8, 4) is 0 Å².